The van der Waals surface area contributed by atoms with E-state index in [-0.39, 0.29) is 10.2 Å². The monoisotopic (exact) mass is 386 g/mol. The molecule has 5 nitrogen and oxygen atoms in total. The van der Waals surface area contributed by atoms with E-state index in [0.717, 1.165) is 32.3 Å². The van der Waals surface area contributed by atoms with E-state index < -0.39 is 12.5 Å². The summed E-state index contributed by atoms with van der Waals surface area (Å²) >= 11 is 13.8. The van der Waals surface area contributed by atoms with Gasteiger partial charge >= 0.3 is 5.97 Å². The molecule has 1 saturated heterocycles. The van der Waals surface area contributed by atoms with Gasteiger partial charge in [0.05, 0.1) is 5.69 Å². The van der Waals surface area contributed by atoms with E-state index in [4.69, 9.17) is 28.9 Å². The molecule has 1 amide bonds. The highest BCUT2D eigenvalue weighted by Gasteiger charge is 2.39. The first-order valence-electron chi connectivity index (χ1n) is 6.67. The van der Waals surface area contributed by atoms with Crippen LogP contribution in [-0.4, -0.2) is 39.3 Å². The number of aliphatic carboxylic acids is 1. The number of rotatable bonds is 3. The van der Waals surface area contributed by atoms with Crippen LogP contribution in [0.25, 0.3) is 0 Å². The summed E-state index contributed by atoms with van der Waals surface area (Å²) in [4.78, 5) is 28.0. The highest BCUT2D eigenvalue weighted by molar-refractivity contribution is 8.27. The number of amides is 1. The summed E-state index contributed by atoms with van der Waals surface area (Å²) < 4.78 is 0.269. The van der Waals surface area contributed by atoms with Crippen molar-refractivity contribution in [3.8, 4) is 0 Å². The Morgan fingerprint density at radius 1 is 1.35 bits per heavy atom. The van der Waals surface area contributed by atoms with E-state index in [1.54, 1.807) is 6.07 Å². The van der Waals surface area contributed by atoms with E-state index in [0.29, 0.717) is 16.5 Å². The van der Waals surface area contributed by atoms with Crippen molar-refractivity contribution in [2.24, 2.45) is 0 Å². The molecule has 2 heterocycles. The molecule has 0 unspecified atom stereocenters. The lowest BCUT2D eigenvalue weighted by Gasteiger charge is -2.19. The van der Waals surface area contributed by atoms with Crippen LogP contribution in [-0.2, 0) is 9.59 Å². The molecule has 120 valence electrons. The van der Waals surface area contributed by atoms with Gasteiger partial charge in [0.25, 0.3) is 5.91 Å². The van der Waals surface area contributed by atoms with Gasteiger partial charge in [-0.1, -0.05) is 47.3 Å². The zero-order valence-corrected chi connectivity index (χ0v) is 15.1. The van der Waals surface area contributed by atoms with Crippen molar-refractivity contribution in [3.63, 3.8) is 0 Å². The lowest BCUT2D eigenvalue weighted by atomic mass is 10.3. The first-order valence-corrected chi connectivity index (χ1v) is 9.09. The lowest BCUT2D eigenvalue weighted by Crippen LogP contribution is -2.33. The van der Waals surface area contributed by atoms with Crippen LogP contribution in [0.3, 0.4) is 0 Å². The average Bonchev–Trinajstić information content (AvgIpc) is 2.98. The molecule has 0 atom stereocenters. The number of carboxylic acid groups (broad SMARTS) is 1. The first-order chi connectivity index (χ1) is 10.9. The fourth-order valence-corrected chi connectivity index (χ4v) is 5.11. The summed E-state index contributed by atoms with van der Waals surface area (Å²) in [5, 5.41) is 10.3. The Balaban J connectivity index is 2.01. The summed E-state index contributed by atoms with van der Waals surface area (Å²) in [5.41, 5.74) is 0.948. The van der Waals surface area contributed by atoms with Gasteiger partial charge in [-0.05, 0) is 25.1 Å². The molecular formula is C14H11ClN2O3S3. The normalized spacial score (nSPS) is 20.4. The van der Waals surface area contributed by atoms with Crippen molar-refractivity contribution < 1.29 is 14.7 Å². The molecule has 0 aliphatic carbocycles. The molecule has 23 heavy (non-hydrogen) atoms. The van der Waals surface area contributed by atoms with Gasteiger partial charge < -0.3 is 10.0 Å². The molecule has 2 aliphatic rings. The minimum Gasteiger partial charge on any atom is -0.480 e. The fraction of sp³-hybridized carbons (Fsp3) is 0.214. The number of nitrogens with zero attached hydrogens (tertiary/aromatic N) is 2. The van der Waals surface area contributed by atoms with Crippen LogP contribution in [0.15, 0.2) is 33.0 Å². The number of benzene rings is 1. The van der Waals surface area contributed by atoms with Crippen molar-refractivity contribution in [2.75, 3.05) is 18.0 Å². The first kappa shape index (κ1) is 16.6. The van der Waals surface area contributed by atoms with Crippen LogP contribution in [0.5, 0.6) is 0 Å². The molecule has 3 rings (SSSR count). The molecule has 0 bridgehead atoms. The second-order valence-corrected chi connectivity index (χ2v) is 7.86. The van der Waals surface area contributed by atoms with E-state index in [2.05, 4.69) is 0 Å². The Bertz CT molecular complexity index is 766. The lowest BCUT2D eigenvalue weighted by molar-refractivity contribution is -0.140. The van der Waals surface area contributed by atoms with E-state index in [9.17, 15) is 9.59 Å². The van der Waals surface area contributed by atoms with Gasteiger partial charge in [-0.3, -0.25) is 14.5 Å². The maximum Gasteiger partial charge on any atom is 0.323 e. The largest absolute Gasteiger partial charge is 0.480 e. The van der Waals surface area contributed by atoms with Crippen LogP contribution in [0, 0.1) is 0 Å². The molecule has 1 aromatic rings. The minimum atomic E-state index is -1.09. The number of carboxylic acids is 1. The Morgan fingerprint density at radius 3 is 2.74 bits per heavy atom. The smallest absolute Gasteiger partial charge is 0.323 e. The third-order valence-electron chi connectivity index (χ3n) is 3.32. The van der Waals surface area contributed by atoms with Crippen molar-refractivity contribution in [1.82, 2.24) is 4.90 Å². The molecule has 0 saturated carbocycles. The zero-order valence-electron chi connectivity index (χ0n) is 11.9. The number of fused-ring (bicyclic) bond motifs is 1. The maximum atomic E-state index is 12.5. The van der Waals surface area contributed by atoms with Gasteiger partial charge in [0.1, 0.15) is 20.8 Å². The van der Waals surface area contributed by atoms with E-state index >= 15 is 0 Å². The van der Waals surface area contributed by atoms with E-state index in [1.807, 2.05) is 24.0 Å². The molecular weight excluding hydrogens is 376 g/mol. The Morgan fingerprint density at radius 2 is 2.09 bits per heavy atom. The molecule has 0 aromatic heterocycles. The van der Waals surface area contributed by atoms with Crippen molar-refractivity contribution >= 4 is 69.2 Å². The van der Waals surface area contributed by atoms with Crippen LogP contribution >= 0.6 is 47.3 Å². The number of hydrogen-bond donors (Lipinski definition) is 1. The molecule has 0 radical (unpaired) electrons. The van der Waals surface area contributed by atoms with Gasteiger partial charge in [-0.25, -0.2) is 0 Å². The average molecular weight is 387 g/mol. The highest BCUT2D eigenvalue weighted by Crippen LogP contribution is 2.51. The summed E-state index contributed by atoms with van der Waals surface area (Å²) in [6.45, 7) is 2.23. The Kier molecular flexibility index (Phi) is 4.59. The number of carbonyl (C=O) groups excluding carboxylic acids is 1. The zero-order chi connectivity index (χ0) is 16.7. The van der Waals surface area contributed by atoms with Crippen molar-refractivity contribution in [2.45, 2.75) is 11.8 Å². The Hall–Kier alpha value is -1.22. The van der Waals surface area contributed by atoms with Crippen LogP contribution in [0.4, 0.5) is 5.69 Å². The molecule has 1 N–H and O–H groups in total. The van der Waals surface area contributed by atoms with Crippen LogP contribution in [0.1, 0.15) is 6.92 Å². The van der Waals surface area contributed by atoms with Gasteiger partial charge in [0.15, 0.2) is 0 Å². The standard InChI is InChI=1S/C14H11ClN2O3S3/c1-2-16-8-5-7(15)3-4-9(8)22-13(16)11-12(20)17(6-10(18)19)14(21)23-11/h3-5H,2,6H2,1H3,(H,18,19). The van der Waals surface area contributed by atoms with Crippen molar-refractivity contribution in [3.05, 3.63) is 33.2 Å². The predicted molar refractivity (Wildman–Crippen MR) is 96.9 cm³/mol. The minimum absolute atomic E-state index is 0.269. The van der Waals surface area contributed by atoms with Gasteiger partial charge in [0, 0.05) is 16.5 Å². The number of thioether (sulfide) groups is 2. The maximum absolute atomic E-state index is 12.5. The van der Waals surface area contributed by atoms with Gasteiger partial charge in [-0.15, -0.1) is 0 Å². The summed E-state index contributed by atoms with van der Waals surface area (Å²) in [6.07, 6.45) is 0. The summed E-state index contributed by atoms with van der Waals surface area (Å²) in [7, 11) is 0. The fourth-order valence-electron chi connectivity index (χ4n) is 2.34. The third kappa shape index (κ3) is 2.96. The highest BCUT2D eigenvalue weighted by atomic mass is 35.5. The number of thiocarbonyl (C=S) groups is 1. The summed E-state index contributed by atoms with van der Waals surface area (Å²) in [6, 6.07) is 5.58. The third-order valence-corrected chi connectivity index (χ3v) is 6.30. The number of anilines is 1. The molecule has 1 aromatic carbocycles. The Labute approximate surface area is 151 Å². The SMILES string of the molecule is CCN1C(=C2SC(=S)N(CC(=O)O)C2=O)Sc2ccc(Cl)cc21. The molecule has 9 heteroatoms. The predicted octanol–water partition coefficient (Wildman–Crippen LogP) is 3.39. The molecule has 2 aliphatic heterocycles. The quantitative estimate of drug-likeness (QED) is 0.631. The number of halogens is 1. The van der Waals surface area contributed by atoms with Crippen molar-refractivity contribution in [1.29, 1.82) is 0 Å². The second kappa shape index (κ2) is 6.35. The molecule has 1 fully saturated rings. The number of hydrogen-bond acceptors (Lipinski definition) is 6. The van der Waals surface area contributed by atoms with E-state index in [1.165, 1.54) is 11.8 Å². The number of carbonyl (C=O) groups is 2. The second-order valence-electron chi connectivity index (χ2n) is 4.75. The van der Waals surface area contributed by atoms with Gasteiger partial charge in [-0.2, -0.15) is 0 Å². The molecule has 0 spiro atoms. The van der Waals surface area contributed by atoms with Gasteiger partial charge in [0.2, 0.25) is 0 Å². The van der Waals surface area contributed by atoms with Crippen LogP contribution in [0.2, 0.25) is 5.02 Å². The van der Waals surface area contributed by atoms with Crippen LogP contribution < -0.4 is 4.90 Å². The topological polar surface area (TPSA) is 60.9 Å². The summed E-state index contributed by atoms with van der Waals surface area (Å²) in [5.74, 6) is -1.45.